The number of ketones is 1. The molecule has 0 saturated carbocycles. The predicted molar refractivity (Wildman–Crippen MR) is 111 cm³/mol. The Bertz CT molecular complexity index is 1220. The normalized spacial score (nSPS) is 24.6. The lowest BCUT2D eigenvalue weighted by Crippen LogP contribution is -2.56. The number of carbonyl (C=O) groups excluding carboxylic acids is 1. The molecule has 7 nitrogen and oxygen atoms in total. The highest BCUT2D eigenvalue weighted by Gasteiger charge is 2.51. The minimum Gasteiger partial charge on any atom is -0.369 e. The number of fused-ring (bicyclic) bond motifs is 3. The summed E-state index contributed by atoms with van der Waals surface area (Å²) in [6.07, 6.45) is 2.38. The van der Waals surface area contributed by atoms with Gasteiger partial charge in [-0.1, -0.05) is 18.2 Å². The van der Waals surface area contributed by atoms with Crippen molar-refractivity contribution in [2.75, 3.05) is 7.05 Å². The number of benzene rings is 1. The number of pyridine rings is 1. The summed E-state index contributed by atoms with van der Waals surface area (Å²) in [4.78, 5) is 20.7. The van der Waals surface area contributed by atoms with Crippen LogP contribution in [0.3, 0.4) is 0 Å². The monoisotopic (exact) mass is 448 g/mol. The summed E-state index contributed by atoms with van der Waals surface area (Å²) in [5.41, 5.74) is 6.57. The SMILES string of the molecule is CN1C(N)=N[C@]2(C)c3cc(CC(=O)c4ncc(F)cc4F)ccc3CCC[C@@H]2S1(=O)=O. The molecule has 0 unspecified atom stereocenters. The van der Waals surface area contributed by atoms with Crippen molar-refractivity contribution in [2.45, 2.75) is 43.4 Å². The maximum Gasteiger partial charge on any atom is 0.242 e. The Morgan fingerprint density at radius 1 is 1.32 bits per heavy atom. The number of hydrogen-bond donors (Lipinski definition) is 1. The number of guanidine groups is 1. The average molecular weight is 448 g/mol. The van der Waals surface area contributed by atoms with E-state index in [9.17, 15) is 22.0 Å². The highest BCUT2D eigenvalue weighted by Crippen LogP contribution is 2.44. The second kappa shape index (κ2) is 7.37. The van der Waals surface area contributed by atoms with Crippen molar-refractivity contribution in [1.82, 2.24) is 9.29 Å². The fraction of sp³-hybridized carbons (Fsp3) is 0.381. The lowest BCUT2D eigenvalue weighted by atomic mass is 9.84. The lowest BCUT2D eigenvalue weighted by Gasteiger charge is -2.41. The Hall–Kier alpha value is -2.88. The number of halogens is 2. The van der Waals surface area contributed by atoms with Gasteiger partial charge in [-0.15, -0.1) is 0 Å². The summed E-state index contributed by atoms with van der Waals surface area (Å²) in [5, 5.41) is -0.791. The Morgan fingerprint density at radius 3 is 2.77 bits per heavy atom. The summed E-state index contributed by atoms with van der Waals surface area (Å²) in [6.45, 7) is 1.74. The Labute approximate surface area is 179 Å². The van der Waals surface area contributed by atoms with E-state index in [0.29, 0.717) is 36.5 Å². The molecule has 2 heterocycles. The Kier molecular flexibility index (Phi) is 5.07. The summed E-state index contributed by atoms with van der Waals surface area (Å²) < 4.78 is 54.2. The van der Waals surface area contributed by atoms with Gasteiger partial charge >= 0.3 is 0 Å². The molecule has 0 saturated heterocycles. The number of aromatic nitrogens is 1. The third-order valence-electron chi connectivity index (χ3n) is 6.11. The van der Waals surface area contributed by atoms with E-state index in [1.807, 2.05) is 6.07 Å². The van der Waals surface area contributed by atoms with E-state index in [2.05, 4.69) is 9.98 Å². The number of carbonyl (C=O) groups is 1. The van der Waals surface area contributed by atoms with Gasteiger partial charge in [0.15, 0.2) is 11.6 Å². The van der Waals surface area contributed by atoms with Gasteiger partial charge < -0.3 is 5.73 Å². The molecule has 1 aromatic carbocycles. The number of nitrogens with zero attached hydrogens (tertiary/aromatic N) is 3. The molecule has 31 heavy (non-hydrogen) atoms. The summed E-state index contributed by atoms with van der Waals surface area (Å²) >= 11 is 0. The maximum atomic E-state index is 14.0. The number of Topliss-reactive ketones (excluding diaryl/α,β-unsaturated/α-hetero) is 1. The zero-order valence-electron chi connectivity index (χ0n) is 17.1. The Morgan fingerprint density at radius 2 is 2.06 bits per heavy atom. The molecule has 2 aromatic rings. The maximum absolute atomic E-state index is 14.0. The van der Waals surface area contributed by atoms with Crippen molar-refractivity contribution in [3.63, 3.8) is 0 Å². The number of rotatable bonds is 3. The molecular weight excluding hydrogens is 426 g/mol. The smallest absolute Gasteiger partial charge is 0.242 e. The van der Waals surface area contributed by atoms with E-state index in [-0.39, 0.29) is 12.4 Å². The number of sulfonamides is 1. The summed E-state index contributed by atoms with van der Waals surface area (Å²) in [5.74, 6) is -2.58. The van der Waals surface area contributed by atoms with E-state index in [0.717, 1.165) is 16.1 Å². The molecule has 0 radical (unpaired) electrons. The molecule has 0 bridgehead atoms. The molecule has 0 fully saturated rings. The van der Waals surface area contributed by atoms with Crippen molar-refractivity contribution < 1.29 is 22.0 Å². The van der Waals surface area contributed by atoms with Crippen molar-refractivity contribution in [3.8, 4) is 0 Å². The largest absolute Gasteiger partial charge is 0.369 e. The molecule has 2 aliphatic rings. The van der Waals surface area contributed by atoms with E-state index >= 15 is 0 Å². The summed E-state index contributed by atoms with van der Waals surface area (Å²) in [7, 11) is -2.32. The number of nitrogens with two attached hydrogens (primary N) is 1. The van der Waals surface area contributed by atoms with Gasteiger partial charge in [-0.2, -0.15) is 0 Å². The van der Waals surface area contributed by atoms with Gasteiger partial charge in [0.1, 0.15) is 22.3 Å². The van der Waals surface area contributed by atoms with Gasteiger partial charge in [-0.3, -0.25) is 4.79 Å². The molecule has 1 aliphatic carbocycles. The Balaban J connectivity index is 1.76. The minimum atomic E-state index is -3.71. The van der Waals surface area contributed by atoms with E-state index < -0.39 is 43.9 Å². The van der Waals surface area contributed by atoms with Crippen molar-refractivity contribution in [3.05, 3.63) is 64.5 Å². The zero-order chi connectivity index (χ0) is 22.6. The van der Waals surface area contributed by atoms with Crippen LogP contribution in [-0.2, 0) is 28.4 Å². The molecule has 1 aliphatic heterocycles. The summed E-state index contributed by atoms with van der Waals surface area (Å²) in [6, 6.07) is 5.95. The fourth-order valence-electron chi connectivity index (χ4n) is 4.44. The average Bonchev–Trinajstić information content (AvgIpc) is 2.83. The van der Waals surface area contributed by atoms with E-state index in [1.165, 1.54) is 7.05 Å². The highest BCUT2D eigenvalue weighted by atomic mass is 32.2. The molecule has 164 valence electrons. The van der Waals surface area contributed by atoms with Crippen LogP contribution in [0.1, 0.15) is 46.9 Å². The first-order valence-electron chi connectivity index (χ1n) is 9.83. The predicted octanol–water partition coefficient (Wildman–Crippen LogP) is 2.30. The fourth-order valence-corrected chi connectivity index (χ4v) is 6.35. The van der Waals surface area contributed by atoms with Crippen LogP contribution < -0.4 is 5.73 Å². The van der Waals surface area contributed by atoms with Crippen LogP contribution in [0.2, 0.25) is 0 Å². The van der Waals surface area contributed by atoms with Gasteiger partial charge in [0, 0.05) is 19.5 Å². The third-order valence-corrected chi connectivity index (χ3v) is 8.47. The quantitative estimate of drug-likeness (QED) is 0.726. The number of hydrogen-bond acceptors (Lipinski definition) is 6. The van der Waals surface area contributed by atoms with Crippen LogP contribution >= 0.6 is 0 Å². The molecule has 2 atom stereocenters. The van der Waals surface area contributed by atoms with Crippen LogP contribution in [0, 0.1) is 11.6 Å². The first-order valence-corrected chi connectivity index (χ1v) is 11.3. The van der Waals surface area contributed by atoms with Gasteiger partial charge in [0.2, 0.25) is 16.0 Å². The molecule has 4 rings (SSSR count). The molecule has 10 heteroatoms. The van der Waals surface area contributed by atoms with Crippen LogP contribution in [0.4, 0.5) is 8.78 Å². The molecule has 0 spiro atoms. The van der Waals surface area contributed by atoms with Gasteiger partial charge in [-0.05, 0) is 42.9 Å². The van der Waals surface area contributed by atoms with E-state index in [1.54, 1.807) is 19.1 Å². The second-order valence-corrected chi connectivity index (χ2v) is 10.2. The molecular formula is C21H22F2N4O3S. The number of aryl methyl sites for hydroxylation is 1. The van der Waals surface area contributed by atoms with Gasteiger partial charge in [0.25, 0.3) is 0 Å². The van der Waals surface area contributed by atoms with Crippen LogP contribution in [0.15, 0.2) is 35.5 Å². The van der Waals surface area contributed by atoms with Crippen molar-refractivity contribution >= 4 is 21.8 Å². The lowest BCUT2D eigenvalue weighted by molar-refractivity contribution is 0.0983. The first-order chi connectivity index (χ1) is 14.5. The molecule has 2 N–H and O–H groups in total. The minimum absolute atomic E-state index is 0.0920. The van der Waals surface area contributed by atoms with Crippen LogP contribution in [0.5, 0.6) is 0 Å². The number of aliphatic imine (C=N–C) groups is 1. The highest BCUT2D eigenvalue weighted by molar-refractivity contribution is 7.90. The first kappa shape index (κ1) is 21.4. The van der Waals surface area contributed by atoms with Crippen molar-refractivity contribution in [1.29, 1.82) is 0 Å². The topological polar surface area (TPSA) is 106 Å². The van der Waals surface area contributed by atoms with Gasteiger partial charge in [-0.25, -0.2) is 31.5 Å². The van der Waals surface area contributed by atoms with Crippen LogP contribution in [-0.4, -0.2) is 41.7 Å². The van der Waals surface area contributed by atoms with E-state index in [4.69, 9.17) is 5.73 Å². The zero-order valence-corrected chi connectivity index (χ0v) is 17.9. The third kappa shape index (κ3) is 3.48. The second-order valence-electron chi connectivity index (χ2n) is 8.09. The van der Waals surface area contributed by atoms with Crippen LogP contribution in [0.25, 0.3) is 0 Å². The molecule has 1 aromatic heterocycles. The standard InChI is InChI=1S/C21H22F2N4O3S/c1-21-15-8-12(9-17(28)19-16(23)10-14(22)11-25-19)6-7-13(15)4-3-5-18(21)31(29,30)27(2)20(24)26-21/h6-8,10-11,18H,3-5,9H2,1-2H3,(H2,24,26)/t18-,21+/m0/s1. The molecule has 0 amide bonds. The van der Waals surface area contributed by atoms with Crippen molar-refractivity contribution in [2.24, 2.45) is 10.7 Å². The van der Waals surface area contributed by atoms with Gasteiger partial charge in [0.05, 0.1) is 6.20 Å².